The maximum Gasteiger partial charge on any atom is 0.410 e. The van der Waals surface area contributed by atoms with Crippen LogP contribution in [0, 0.1) is 5.92 Å². The highest BCUT2D eigenvalue weighted by molar-refractivity contribution is 5.75. The molecule has 1 fully saturated rings. The van der Waals surface area contributed by atoms with Crippen LogP contribution in [0.15, 0.2) is 42.5 Å². The number of likely N-dealkylation sites (tertiary alicyclic amines) is 1. The average molecular weight is 472 g/mol. The van der Waals surface area contributed by atoms with Gasteiger partial charge in [0, 0.05) is 25.1 Å². The second-order valence-corrected chi connectivity index (χ2v) is 9.31. The second-order valence-electron chi connectivity index (χ2n) is 9.31. The molecule has 2 aromatic rings. The van der Waals surface area contributed by atoms with Gasteiger partial charge in [0.25, 0.3) is 0 Å². The zero-order valence-corrected chi connectivity index (χ0v) is 20.4. The van der Waals surface area contributed by atoms with Gasteiger partial charge in [-0.25, -0.2) is 4.79 Å². The Morgan fingerprint density at radius 2 is 1.71 bits per heavy atom. The first kappa shape index (κ1) is 25.2. The van der Waals surface area contributed by atoms with Gasteiger partial charge in [0.2, 0.25) is 0 Å². The van der Waals surface area contributed by atoms with Gasteiger partial charge in [0.15, 0.2) is 0 Å². The monoisotopic (exact) mass is 471 g/mol. The van der Waals surface area contributed by atoms with Crippen molar-refractivity contribution in [2.24, 2.45) is 5.92 Å². The molecule has 1 N–H and O–H groups in total. The Morgan fingerprint density at radius 1 is 1.06 bits per heavy atom. The highest BCUT2D eigenvalue weighted by Crippen LogP contribution is 2.39. The van der Waals surface area contributed by atoms with E-state index in [1.165, 1.54) is 4.90 Å². The van der Waals surface area contributed by atoms with Crippen molar-refractivity contribution in [3.05, 3.63) is 53.6 Å². The van der Waals surface area contributed by atoms with E-state index < -0.39 is 23.6 Å². The number of carbonyl (C=O) groups excluding carboxylic acids is 1. The van der Waals surface area contributed by atoms with E-state index >= 15 is 0 Å². The van der Waals surface area contributed by atoms with Crippen LogP contribution in [0.2, 0.25) is 0 Å². The number of carboxylic acids is 1. The molecule has 1 saturated heterocycles. The topological polar surface area (TPSA) is 94.5 Å². The van der Waals surface area contributed by atoms with E-state index in [4.69, 9.17) is 18.9 Å². The molecule has 1 aliphatic heterocycles. The molecule has 184 valence electrons. The van der Waals surface area contributed by atoms with E-state index in [9.17, 15) is 14.7 Å². The minimum Gasteiger partial charge on any atom is -0.497 e. The molecule has 0 radical (unpaired) electrons. The Balaban J connectivity index is 1.79. The van der Waals surface area contributed by atoms with Crippen molar-refractivity contribution in [3.8, 4) is 17.2 Å². The Kier molecular flexibility index (Phi) is 7.91. The summed E-state index contributed by atoms with van der Waals surface area (Å²) in [5.74, 6) is -0.0922. The highest BCUT2D eigenvalue weighted by atomic mass is 16.6. The maximum absolute atomic E-state index is 12.5. The van der Waals surface area contributed by atoms with Crippen LogP contribution in [0.4, 0.5) is 4.79 Å². The van der Waals surface area contributed by atoms with Crippen LogP contribution in [0.1, 0.15) is 44.2 Å². The molecular formula is C26H33NO7. The van der Waals surface area contributed by atoms with Crippen molar-refractivity contribution in [3.63, 3.8) is 0 Å². The molecule has 8 heteroatoms. The van der Waals surface area contributed by atoms with Crippen molar-refractivity contribution < 1.29 is 33.6 Å². The number of hydrogen-bond acceptors (Lipinski definition) is 6. The quantitative estimate of drug-likeness (QED) is 0.625. The Labute approximate surface area is 200 Å². The minimum absolute atomic E-state index is 0.0797. The fourth-order valence-corrected chi connectivity index (χ4v) is 4.10. The molecule has 2 aromatic carbocycles. The van der Waals surface area contributed by atoms with Crippen LogP contribution < -0.4 is 14.2 Å². The summed E-state index contributed by atoms with van der Waals surface area (Å²) < 4.78 is 22.2. The molecule has 1 amide bonds. The molecule has 0 saturated carbocycles. The summed E-state index contributed by atoms with van der Waals surface area (Å²) in [4.78, 5) is 26.2. The third-order valence-electron chi connectivity index (χ3n) is 5.71. The van der Waals surface area contributed by atoms with Gasteiger partial charge < -0.3 is 29.0 Å². The highest BCUT2D eigenvalue weighted by Gasteiger charge is 2.39. The SMILES string of the molecule is COc1cc(COc2ccccc2[C@H]2CCN(C(=O)OC(C)(C)C)C[C@@H]2C(=O)O)cc(OC)c1. The van der Waals surface area contributed by atoms with Gasteiger partial charge in [0.05, 0.1) is 20.1 Å². The number of aliphatic carboxylic acids is 1. The van der Waals surface area contributed by atoms with Crippen LogP contribution in [-0.4, -0.2) is 55.0 Å². The van der Waals surface area contributed by atoms with Crippen LogP contribution in [0.5, 0.6) is 17.2 Å². The lowest BCUT2D eigenvalue weighted by molar-refractivity contribution is -0.144. The Hall–Kier alpha value is -3.42. The number of hydrogen-bond donors (Lipinski definition) is 1. The fourth-order valence-electron chi connectivity index (χ4n) is 4.10. The van der Waals surface area contributed by atoms with Gasteiger partial charge in [-0.1, -0.05) is 18.2 Å². The molecule has 0 aromatic heterocycles. The normalized spacial score (nSPS) is 18.2. The molecule has 0 bridgehead atoms. The van der Waals surface area contributed by atoms with Crippen molar-refractivity contribution in [1.29, 1.82) is 0 Å². The largest absolute Gasteiger partial charge is 0.497 e. The number of para-hydroxylation sites is 1. The number of methoxy groups -OCH3 is 2. The van der Waals surface area contributed by atoms with Gasteiger partial charge in [-0.2, -0.15) is 0 Å². The van der Waals surface area contributed by atoms with E-state index in [1.807, 2.05) is 36.4 Å². The van der Waals surface area contributed by atoms with Crippen molar-refractivity contribution in [2.75, 3.05) is 27.3 Å². The van der Waals surface area contributed by atoms with Gasteiger partial charge in [-0.15, -0.1) is 0 Å². The Bertz CT molecular complexity index is 992. The number of benzene rings is 2. The van der Waals surface area contributed by atoms with Crippen LogP contribution in [0.3, 0.4) is 0 Å². The number of piperidine rings is 1. The first-order valence-corrected chi connectivity index (χ1v) is 11.3. The third kappa shape index (κ3) is 6.34. The third-order valence-corrected chi connectivity index (χ3v) is 5.71. The predicted octanol–water partition coefficient (Wildman–Crippen LogP) is 4.71. The van der Waals surface area contributed by atoms with Crippen molar-refractivity contribution in [2.45, 2.75) is 45.3 Å². The fraction of sp³-hybridized carbons (Fsp3) is 0.462. The summed E-state index contributed by atoms with van der Waals surface area (Å²) in [6.45, 7) is 6.12. The smallest absolute Gasteiger partial charge is 0.410 e. The molecule has 0 spiro atoms. The van der Waals surface area contributed by atoms with Crippen LogP contribution in [-0.2, 0) is 16.1 Å². The molecular weight excluding hydrogens is 438 g/mol. The molecule has 0 aliphatic carbocycles. The summed E-state index contributed by atoms with van der Waals surface area (Å²) in [5.41, 5.74) is 1.03. The summed E-state index contributed by atoms with van der Waals surface area (Å²) in [6, 6.07) is 13.0. The standard InChI is InChI=1S/C26H33NO7/c1-26(2,3)34-25(30)27-11-10-20(22(15-27)24(28)29)21-8-6-7-9-23(21)33-16-17-12-18(31-4)14-19(13-17)32-5/h6-9,12-14,20,22H,10-11,15-16H2,1-5H3,(H,28,29)/t20-,22+/m1/s1. The molecule has 8 nitrogen and oxygen atoms in total. The van der Waals surface area contributed by atoms with Gasteiger partial charge >= 0.3 is 12.1 Å². The minimum atomic E-state index is -0.953. The zero-order valence-electron chi connectivity index (χ0n) is 20.4. The molecule has 3 rings (SSSR count). The van der Waals surface area contributed by atoms with E-state index in [0.717, 1.165) is 11.1 Å². The summed E-state index contributed by atoms with van der Waals surface area (Å²) >= 11 is 0. The lowest BCUT2D eigenvalue weighted by atomic mass is 9.80. The summed E-state index contributed by atoms with van der Waals surface area (Å²) in [6.07, 6.45) is -0.00229. The number of rotatable bonds is 7. The lowest BCUT2D eigenvalue weighted by Gasteiger charge is -2.37. The van der Waals surface area contributed by atoms with E-state index in [1.54, 1.807) is 41.1 Å². The maximum atomic E-state index is 12.5. The van der Waals surface area contributed by atoms with Crippen molar-refractivity contribution in [1.82, 2.24) is 4.90 Å². The van der Waals surface area contributed by atoms with Gasteiger partial charge in [0.1, 0.15) is 29.5 Å². The first-order valence-electron chi connectivity index (χ1n) is 11.3. The summed E-state index contributed by atoms with van der Waals surface area (Å²) in [7, 11) is 3.18. The Morgan fingerprint density at radius 3 is 2.29 bits per heavy atom. The molecule has 34 heavy (non-hydrogen) atoms. The van der Waals surface area contributed by atoms with Gasteiger partial charge in [-0.05, 0) is 56.5 Å². The number of carboxylic acid groups (broad SMARTS) is 1. The van der Waals surface area contributed by atoms with E-state index in [0.29, 0.717) is 30.2 Å². The summed E-state index contributed by atoms with van der Waals surface area (Å²) in [5, 5.41) is 9.97. The van der Waals surface area contributed by atoms with E-state index in [2.05, 4.69) is 0 Å². The first-order chi connectivity index (χ1) is 16.1. The second kappa shape index (κ2) is 10.7. The number of ether oxygens (including phenoxy) is 4. The molecule has 2 atom stereocenters. The lowest BCUT2D eigenvalue weighted by Crippen LogP contribution is -2.47. The number of amides is 1. The number of nitrogens with zero attached hydrogens (tertiary/aromatic N) is 1. The zero-order chi connectivity index (χ0) is 24.9. The van der Waals surface area contributed by atoms with Crippen LogP contribution in [0.25, 0.3) is 0 Å². The predicted molar refractivity (Wildman–Crippen MR) is 127 cm³/mol. The molecule has 1 heterocycles. The molecule has 1 aliphatic rings. The molecule has 0 unspecified atom stereocenters. The van der Waals surface area contributed by atoms with Crippen LogP contribution >= 0.6 is 0 Å². The number of carbonyl (C=O) groups is 2. The van der Waals surface area contributed by atoms with Crippen molar-refractivity contribution >= 4 is 12.1 Å². The van der Waals surface area contributed by atoms with E-state index in [-0.39, 0.29) is 19.1 Å². The average Bonchev–Trinajstić information content (AvgIpc) is 2.81. The van der Waals surface area contributed by atoms with Gasteiger partial charge in [-0.3, -0.25) is 4.79 Å².